The van der Waals surface area contributed by atoms with Gasteiger partial charge in [0.2, 0.25) is 0 Å². The number of anilines is 8. The Hall–Kier alpha value is -5.08. The maximum absolute atomic E-state index is 9.17. The number of aliphatic hydroxyl groups excluding tert-OH is 2. The van der Waals surface area contributed by atoms with E-state index in [0.29, 0.717) is 6.61 Å². The summed E-state index contributed by atoms with van der Waals surface area (Å²) in [5.41, 5.74) is 38.1. The number of hydrogen-bond acceptors (Lipinski definition) is 13. The van der Waals surface area contributed by atoms with Gasteiger partial charge in [-0.2, -0.15) is 0 Å². The van der Waals surface area contributed by atoms with Gasteiger partial charge in [0.1, 0.15) is 13.1 Å². The summed E-state index contributed by atoms with van der Waals surface area (Å²) in [6, 6.07) is 25.1. The van der Waals surface area contributed by atoms with E-state index >= 15 is 0 Å². The first-order chi connectivity index (χ1) is 39.3. The SMILES string of the molecule is C.C.C.C.CC[N+](CC)(CC)CCN1CCc2ccc(N)cc21.C[N+](C)(CCO)CCN1CCc2ccc(N)cc21.C[N+]1(C)CCN(CCNCCN2CCc3ccc(N)cc32)CC1.C[N+]1(CCO)CCN(CCN2CCc3ccc(N)cc32)CC1. The topological polar surface area (TPSA) is 176 Å². The molecule has 0 radical (unpaired) electrons. The molecule has 4 aromatic carbocycles. The molecule has 0 unspecified atom stereocenters. The first-order valence-electron chi connectivity index (χ1n) is 31.5. The molecule has 17 nitrogen and oxygen atoms in total. The second-order valence-electron chi connectivity index (χ2n) is 26.0. The van der Waals surface area contributed by atoms with Crippen molar-refractivity contribution in [3.63, 3.8) is 0 Å². The largest absolute Gasteiger partial charge is 0.399 e. The average Bonchev–Trinajstić information content (AvgIpc) is 4.40. The van der Waals surface area contributed by atoms with Crippen molar-refractivity contribution in [1.82, 2.24) is 15.1 Å². The fraction of sp³-hybridized carbons (Fsp3) is 0.652. The van der Waals surface area contributed by atoms with Gasteiger partial charge >= 0.3 is 0 Å². The van der Waals surface area contributed by atoms with Gasteiger partial charge in [-0.1, -0.05) is 54.0 Å². The maximum Gasteiger partial charge on any atom is 0.102 e. The molecule has 0 aromatic heterocycles. The molecule has 2 saturated heterocycles. The van der Waals surface area contributed by atoms with Crippen molar-refractivity contribution in [2.45, 2.75) is 76.2 Å². The lowest BCUT2D eigenvalue weighted by Gasteiger charge is -2.42. The van der Waals surface area contributed by atoms with Crippen LogP contribution in [0, 0.1) is 0 Å². The molecule has 4 aromatic rings. The Morgan fingerprint density at radius 1 is 0.442 bits per heavy atom. The van der Waals surface area contributed by atoms with Gasteiger partial charge in [-0.3, -0.25) is 9.80 Å². The van der Waals surface area contributed by atoms with E-state index in [1.165, 1.54) is 119 Å². The highest BCUT2D eigenvalue weighted by Crippen LogP contribution is 2.33. The Labute approximate surface area is 525 Å². The lowest BCUT2D eigenvalue weighted by molar-refractivity contribution is -0.921. The third kappa shape index (κ3) is 21.6. The van der Waals surface area contributed by atoms with Crippen molar-refractivity contribution in [3.8, 4) is 0 Å². The van der Waals surface area contributed by atoms with Gasteiger partial charge in [-0.05, 0) is 117 Å². The number of likely N-dealkylation sites (N-methyl/N-ethyl adjacent to an activating group) is 4. The molecule has 0 bridgehead atoms. The number of nitrogen functional groups attached to an aromatic ring is 4. The van der Waals surface area contributed by atoms with E-state index in [1.807, 2.05) is 24.3 Å². The van der Waals surface area contributed by atoms with Gasteiger partial charge in [0.15, 0.2) is 0 Å². The molecule has 0 spiro atoms. The minimum atomic E-state index is 0. The van der Waals surface area contributed by atoms with Crippen LogP contribution in [0.25, 0.3) is 0 Å². The second-order valence-corrected chi connectivity index (χ2v) is 26.0. The van der Waals surface area contributed by atoms with Crippen LogP contribution in [0.4, 0.5) is 45.5 Å². The van der Waals surface area contributed by atoms with Crippen LogP contribution < -0.4 is 47.9 Å². The number of rotatable bonds is 22. The van der Waals surface area contributed by atoms with Crippen LogP contribution in [0.5, 0.6) is 0 Å². The monoisotopic (exact) mass is 1200 g/mol. The standard InChI is InChI=1S/C18H32N5.C17H29N4O.C16H28N3.C14H24N3O.4CH4/c1-23(2)13-11-21(12-14-23)9-6-20-7-10-22-8-5-16-3-4-17(19)15-18(16)22;1-21(12-13-22)10-8-19(9-11-21)6-7-20-5-4-15-2-3-16(18)14-17(15)20;1-4-19(5-2,6-3)12-11-18-10-9-14-7-8-15(17)13-16(14)18;1-17(2,9-10-18)8-7-16-6-5-12-3-4-13(15)11-14(12)16;;;;/h3-4,15,20H,5-14,19H2,1-2H3;2-3,14,22H,4-13,18H2,1H3;7-8,13H,4-6,9-12,17H2,1-3H3;3-4,11,18H,5-10,15H2,1-2H3;4*1H4/q4*+1;;;;. The molecule has 0 atom stereocenters. The van der Waals surface area contributed by atoms with Gasteiger partial charge in [0.25, 0.3) is 0 Å². The Bertz CT molecular complexity index is 2560. The van der Waals surface area contributed by atoms with Crippen LogP contribution in [-0.2, 0) is 25.7 Å². The molecule has 86 heavy (non-hydrogen) atoms. The molecule has 0 aliphatic carbocycles. The highest BCUT2D eigenvalue weighted by molar-refractivity contribution is 5.67. The summed E-state index contributed by atoms with van der Waals surface area (Å²) >= 11 is 0. The number of hydrogen-bond donors (Lipinski definition) is 7. The van der Waals surface area contributed by atoms with E-state index in [9.17, 15) is 0 Å². The molecule has 6 aliphatic heterocycles. The molecule has 6 heterocycles. The Morgan fingerprint density at radius 3 is 1.20 bits per heavy atom. The highest BCUT2D eigenvalue weighted by Gasteiger charge is 2.30. The third-order valence-electron chi connectivity index (χ3n) is 19.4. The van der Waals surface area contributed by atoms with Gasteiger partial charge in [-0.25, -0.2) is 0 Å². The predicted molar refractivity (Wildman–Crippen MR) is 375 cm³/mol. The Kier molecular flexibility index (Phi) is 30.8. The van der Waals surface area contributed by atoms with E-state index in [2.05, 4.69) is 139 Å². The smallest absolute Gasteiger partial charge is 0.102 e. The zero-order valence-electron chi connectivity index (χ0n) is 52.4. The van der Waals surface area contributed by atoms with Crippen LogP contribution in [-0.4, -0.2) is 263 Å². The normalized spacial score (nSPS) is 17.3. The Morgan fingerprint density at radius 2 is 0.802 bits per heavy atom. The fourth-order valence-electron chi connectivity index (χ4n) is 12.8. The summed E-state index contributed by atoms with van der Waals surface area (Å²) in [5.74, 6) is 0. The molecular weight excluding hydrogens is 1070 g/mol. The molecule has 0 amide bonds. The number of nitrogens with zero attached hydrogens (tertiary/aromatic N) is 10. The minimum Gasteiger partial charge on any atom is -0.399 e. The van der Waals surface area contributed by atoms with Crippen molar-refractivity contribution in [2.24, 2.45) is 0 Å². The summed E-state index contributed by atoms with van der Waals surface area (Å²) in [6.45, 7) is 37.9. The molecule has 17 heteroatoms. The predicted octanol–water partition coefficient (Wildman–Crippen LogP) is 6.75. The zero-order valence-corrected chi connectivity index (χ0v) is 52.4. The second kappa shape index (κ2) is 35.2. The summed E-state index contributed by atoms with van der Waals surface area (Å²) in [7, 11) is 11.2. The number of fused-ring (bicyclic) bond motifs is 4. The van der Waals surface area contributed by atoms with E-state index in [-0.39, 0.29) is 36.3 Å². The molecule has 11 N–H and O–H groups in total. The first-order valence-corrected chi connectivity index (χ1v) is 31.5. The summed E-state index contributed by atoms with van der Waals surface area (Å²) in [4.78, 5) is 15.0. The highest BCUT2D eigenvalue weighted by atomic mass is 16.3. The first kappa shape index (κ1) is 75.2. The quantitative estimate of drug-likeness (QED) is 0.0250. The number of aliphatic hydroxyl groups is 2. The number of piperazine rings is 2. The minimum absolute atomic E-state index is 0. The van der Waals surface area contributed by atoms with Gasteiger partial charge in [-0.15, -0.1) is 0 Å². The molecule has 10 rings (SSSR count). The van der Waals surface area contributed by atoms with E-state index in [4.69, 9.17) is 33.1 Å². The summed E-state index contributed by atoms with van der Waals surface area (Å²) < 4.78 is 4.25. The van der Waals surface area contributed by atoms with Crippen LogP contribution in [0.3, 0.4) is 0 Å². The van der Waals surface area contributed by atoms with Crippen molar-refractivity contribution in [1.29, 1.82) is 0 Å². The average molecular weight is 1200 g/mol. The number of benzene rings is 4. The van der Waals surface area contributed by atoms with E-state index in [0.717, 1.165) is 169 Å². The molecule has 2 fully saturated rings. The molecule has 0 saturated carbocycles. The molecule has 488 valence electrons. The van der Waals surface area contributed by atoms with Crippen LogP contribution in [0.1, 0.15) is 72.7 Å². The lowest BCUT2D eigenvalue weighted by atomic mass is 10.1. The lowest BCUT2D eigenvalue weighted by Crippen LogP contribution is -2.58. The zero-order chi connectivity index (χ0) is 58.9. The van der Waals surface area contributed by atoms with Gasteiger partial charge in [0, 0.05) is 137 Å². The summed E-state index contributed by atoms with van der Waals surface area (Å²) in [6.07, 6.45) is 4.57. The van der Waals surface area contributed by atoms with E-state index < -0.39 is 0 Å². The maximum atomic E-state index is 9.17. The van der Waals surface area contributed by atoms with Gasteiger partial charge < -0.3 is 76.0 Å². The number of nitrogens with one attached hydrogen (secondary N) is 1. The number of quaternary nitrogens is 4. The van der Waals surface area contributed by atoms with Crippen molar-refractivity contribution < 1.29 is 28.1 Å². The fourth-order valence-corrected chi connectivity index (χ4v) is 12.8. The number of nitrogens with two attached hydrogens (primary N) is 4. The molecule has 6 aliphatic rings. The van der Waals surface area contributed by atoms with Crippen molar-refractivity contribution in [3.05, 3.63) is 95.1 Å². The van der Waals surface area contributed by atoms with Crippen molar-refractivity contribution in [2.75, 3.05) is 268 Å². The molecular formula is C69H129N15O2+4. The van der Waals surface area contributed by atoms with Crippen LogP contribution in [0.15, 0.2) is 72.8 Å². The third-order valence-corrected chi connectivity index (χ3v) is 19.4. The van der Waals surface area contributed by atoms with Crippen LogP contribution >= 0.6 is 0 Å². The van der Waals surface area contributed by atoms with Gasteiger partial charge in [0.05, 0.1) is 120 Å². The summed E-state index contributed by atoms with van der Waals surface area (Å²) in [5, 5.41) is 21.8. The van der Waals surface area contributed by atoms with E-state index in [1.54, 1.807) is 0 Å². The Balaban J connectivity index is 0.000000297. The van der Waals surface area contributed by atoms with Crippen molar-refractivity contribution >= 4 is 45.5 Å². The van der Waals surface area contributed by atoms with Crippen LogP contribution in [0.2, 0.25) is 0 Å².